The van der Waals surface area contributed by atoms with Crippen LogP contribution >= 0.6 is 0 Å². The van der Waals surface area contributed by atoms with Gasteiger partial charge < -0.3 is 9.72 Å². The number of Topliss-reactive ketones (excluding diaryl/α,β-unsaturated/α-hetero) is 1. The molecule has 0 radical (unpaired) electrons. The lowest BCUT2D eigenvalue weighted by molar-refractivity contribution is 0.0964. The highest BCUT2D eigenvalue weighted by molar-refractivity contribution is 7.92. The van der Waals surface area contributed by atoms with Gasteiger partial charge in [-0.1, -0.05) is 42.5 Å². The normalized spacial score (nSPS) is 15.5. The lowest BCUT2D eigenvalue weighted by Crippen LogP contribution is -2.18. The Morgan fingerprint density at radius 3 is 2.37 bits per heavy atom. The van der Waals surface area contributed by atoms with Crippen LogP contribution in [0.25, 0.3) is 11.3 Å². The summed E-state index contributed by atoms with van der Waals surface area (Å²) in [5, 5.41) is 0. The van der Waals surface area contributed by atoms with Crippen molar-refractivity contribution in [3.63, 3.8) is 0 Å². The third kappa shape index (κ3) is 5.00. The van der Waals surface area contributed by atoms with Crippen LogP contribution in [0.1, 0.15) is 39.5 Å². The van der Waals surface area contributed by atoms with Gasteiger partial charge in [0.25, 0.3) is 0 Å². The summed E-state index contributed by atoms with van der Waals surface area (Å²) in [6.45, 7) is 1.95. The molecule has 0 fully saturated rings. The number of H-pyrrole nitrogens is 1. The fourth-order valence-corrected chi connectivity index (χ4v) is 5.33. The second-order valence-corrected chi connectivity index (χ2v) is 10.7. The third-order valence-corrected chi connectivity index (χ3v) is 6.85. The predicted octanol–water partition coefficient (Wildman–Crippen LogP) is 6.07. The fraction of sp³-hybridized carbons (Fsp3) is 0.179. The Hall–Kier alpha value is -3.84. The van der Waals surface area contributed by atoms with Crippen molar-refractivity contribution in [2.75, 3.05) is 11.0 Å². The first-order chi connectivity index (χ1) is 16.8. The van der Waals surface area contributed by atoms with Gasteiger partial charge in [0.2, 0.25) is 10.0 Å². The van der Waals surface area contributed by atoms with E-state index in [4.69, 9.17) is 4.74 Å². The molecule has 5 rings (SSSR count). The van der Waals surface area contributed by atoms with E-state index in [9.17, 15) is 13.2 Å². The average molecular weight is 487 g/mol. The summed E-state index contributed by atoms with van der Waals surface area (Å²) in [6.07, 6.45) is 2.42. The Kier molecular flexibility index (Phi) is 5.94. The Bertz CT molecular complexity index is 1490. The monoisotopic (exact) mass is 486 g/mol. The summed E-state index contributed by atoms with van der Waals surface area (Å²) in [5.74, 6) is 1.57. The standard InChI is InChI=1S/C28H26N2O4S/c1-18-27-25(16-21(17-26(27)31)19-7-4-3-5-8-19)28(29-18)20-9-6-10-24(15-20)34-23-13-11-22(12-14-23)30-35(2,32)33/h3-15,21,29-30H,16-17H2,1-2H3. The highest BCUT2D eigenvalue weighted by atomic mass is 32.2. The van der Waals surface area contributed by atoms with Crippen molar-refractivity contribution >= 4 is 21.5 Å². The fourth-order valence-electron chi connectivity index (χ4n) is 4.77. The minimum atomic E-state index is -3.33. The smallest absolute Gasteiger partial charge is 0.229 e. The van der Waals surface area contributed by atoms with Gasteiger partial charge in [0, 0.05) is 34.6 Å². The second-order valence-electron chi connectivity index (χ2n) is 8.95. The van der Waals surface area contributed by atoms with Crippen LogP contribution in [0.4, 0.5) is 5.69 Å². The molecule has 35 heavy (non-hydrogen) atoms. The van der Waals surface area contributed by atoms with E-state index in [1.807, 2.05) is 49.4 Å². The molecule has 0 aliphatic heterocycles. The number of carbonyl (C=O) groups excluding carboxylic acids is 1. The van der Waals surface area contributed by atoms with Gasteiger partial charge in [-0.2, -0.15) is 0 Å². The number of sulfonamides is 1. The van der Waals surface area contributed by atoms with Crippen molar-refractivity contribution in [1.82, 2.24) is 4.98 Å². The molecule has 0 amide bonds. The van der Waals surface area contributed by atoms with Gasteiger partial charge in [-0.05, 0) is 66.8 Å². The molecule has 7 heteroatoms. The predicted molar refractivity (Wildman–Crippen MR) is 138 cm³/mol. The number of ketones is 1. The van der Waals surface area contributed by atoms with Gasteiger partial charge in [-0.15, -0.1) is 0 Å². The van der Waals surface area contributed by atoms with Crippen molar-refractivity contribution in [2.45, 2.75) is 25.7 Å². The van der Waals surface area contributed by atoms with Crippen LogP contribution in [0.3, 0.4) is 0 Å². The topological polar surface area (TPSA) is 88.3 Å². The number of benzene rings is 3. The van der Waals surface area contributed by atoms with Crippen LogP contribution in [-0.4, -0.2) is 25.4 Å². The van der Waals surface area contributed by atoms with Crippen molar-refractivity contribution in [3.05, 3.63) is 101 Å². The van der Waals surface area contributed by atoms with Crippen LogP contribution in [0.15, 0.2) is 78.9 Å². The van der Waals surface area contributed by atoms with E-state index in [0.717, 1.165) is 40.8 Å². The number of hydrogen-bond acceptors (Lipinski definition) is 4. The van der Waals surface area contributed by atoms with E-state index in [1.54, 1.807) is 24.3 Å². The average Bonchev–Trinajstić information content (AvgIpc) is 3.17. The summed E-state index contributed by atoms with van der Waals surface area (Å²) in [7, 11) is -3.33. The zero-order valence-electron chi connectivity index (χ0n) is 19.5. The molecule has 0 saturated carbocycles. The molecule has 1 heterocycles. The number of aromatic amines is 1. The maximum absolute atomic E-state index is 13.1. The van der Waals surface area contributed by atoms with E-state index in [0.29, 0.717) is 23.6 Å². The van der Waals surface area contributed by atoms with Crippen LogP contribution in [0, 0.1) is 6.92 Å². The van der Waals surface area contributed by atoms with Crippen molar-refractivity contribution < 1.29 is 17.9 Å². The molecular formula is C28H26N2O4S. The zero-order valence-corrected chi connectivity index (χ0v) is 20.4. The van der Waals surface area contributed by atoms with E-state index < -0.39 is 10.0 Å². The summed E-state index contributed by atoms with van der Waals surface area (Å²) < 4.78 is 31.3. The third-order valence-electron chi connectivity index (χ3n) is 6.24. The summed E-state index contributed by atoms with van der Waals surface area (Å²) in [6, 6.07) is 24.7. The first-order valence-corrected chi connectivity index (χ1v) is 13.3. The molecule has 1 aromatic heterocycles. The summed E-state index contributed by atoms with van der Waals surface area (Å²) in [4.78, 5) is 16.5. The number of nitrogens with one attached hydrogen (secondary N) is 2. The van der Waals surface area contributed by atoms with Crippen LogP contribution in [-0.2, 0) is 16.4 Å². The molecule has 0 bridgehead atoms. The molecule has 178 valence electrons. The maximum atomic E-state index is 13.1. The molecular weight excluding hydrogens is 460 g/mol. The number of anilines is 1. The van der Waals surface area contributed by atoms with Gasteiger partial charge in [0.1, 0.15) is 11.5 Å². The highest BCUT2D eigenvalue weighted by Crippen LogP contribution is 2.40. The zero-order chi connectivity index (χ0) is 24.6. The van der Waals surface area contributed by atoms with Gasteiger partial charge in [0.05, 0.1) is 6.26 Å². The molecule has 2 N–H and O–H groups in total. The molecule has 0 saturated heterocycles. The van der Waals surface area contributed by atoms with E-state index in [1.165, 1.54) is 5.56 Å². The molecule has 1 atom stereocenters. The second kappa shape index (κ2) is 9.07. The number of aromatic nitrogens is 1. The van der Waals surface area contributed by atoms with E-state index >= 15 is 0 Å². The first kappa shape index (κ1) is 22.9. The van der Waals surface area contributed by atoms with Gasteiger partial charge in [-0.25, -0.2) is 8.42 Å². The molecule has 1 unspecified atom stereocenters. The maximum Gasteiger partial charge on any atom is 0.229 e. The number of aryl methyl sites for hydroxylation is 1. The molecule has 6 nitrogen and oxygen atoms in total. The Morgan fingerprint density at radius 2 is 1.66 bits per heavy atom. The number of hydrogen-bond donors (Lipinski definition) is 2. The summed E-state index contributed by atoms with van der Waals surface area (Å²) >= 11 is 0. The lowest BCUT2D eigenvalue weighted by Gasteiger charge is -2.23. The van der Waals surface area contributed by atoms with Crippen LogP contribution in [0.5, 0.6) is 11.5 Å². The number of carbonyl (C=O) groups is 1. The molecule has 1 aliphatic carbocycles. The Balaban J connectivity index is 1.42. The molecule has 0 spiro atoms. The number of fused-ring (bicyclic) bond motifs is 1. The van der Waals surface area contributed by atoms with Gasteiger partial charge in [-0.3, -0.25) is 9.52 Å². The Morgan fingerprint density at radius 1 is 0.914 bits per heavy atom. The minimum Gasteiger partial charge on any atom is -0.457 e. The quantitative estimate of drug-likeness (QED) is 0.346. The SMILES string of the molecule is Cc1[nH]c(-c2cccc(Oc3ccc(NS(C)(=O)=O)cc3)c2)c2c1C(=O)CC(c1ccccc1)C2. The van der Waals surface area contributed by atoms with Crippen molar-refractivity contribution in [1.29, 1.82) is 0 Å². The van der Waals surface area contributed by atoms with Crippen LogP contribution < -0.4 is 9.46 Å². The number of rotatable bonds is 6. The molecule has 1 aliphatic rings. The van der Waals surface area contributed by atoms with Crippen molar-refractivity contribution in [3.8, 4) is 22.8 Å². The van der Waals surface area contributed by atoms with E-state index in [2.05, 4.69) is 21.8 Å². The highest BCUT2D eigenvalue weighted by Gasteiger charge is 2.31. The van der Waals surface area contributed by atoms with Gasteiger partial charge in [0.15, 0.2) is 5.78 Å². The summed E-state index contributed by atoms with van der Waals surface area (Å²) in [5.41, 5.74) is 6.32. The first-order valence-electron chi connectivity index (χ1n) is 11.4. The Labute approximate surface area is 205 Å². The van der Waals surface area contributed by atoms with Crippen LogP contribution in [0.2, 0.25) is 0 Å². The largest absolute Gasteiger partial charge is 0.457 e. The molecule has 3 aromatic carbocycles. The van der Waals surface area contributed by atoms with Crippen molar-refractivity contribution in [2.24, 2.45) is 0 Å². The number of ether oxygens (including phenoxy) is 1. The minimum absolute atomic E-state index is 0.156. The molecule has 4 aromatic rings. The lowest BCUT2D eigenvalue weighted by atomic mass is 9.79. The van der Waals surface area contributed by atoms with Gasteiger partial charge >= 0.3 is 0 Å². The van der Waals surface area contributed by atoms with E-state index in [-0.39, 0.29) is 11.7 Å².